The van der Waals surface area contributed by atoms with E-state index in [1.807, 2.05) is 0 Å². The molecule has 1 rings (SSSR count). The van der Waals surface area contributed by atoms with Crippen LogP contribution in [-0.4, -0.2) is 12.2 Å². The fourth-order valence-electron chi connectivity index (χ4n) is 1.04. The van der Waals surface area contributed by atoms with Gasteiger partial charge in [-0.15, -0.1) is 0 Å². The molecule has 1 aromatic rings. The molecule has 0 aromatic heterocycles. The third-order valence-electron chi connectivity index (χ3n) is 1.83. The zero-order valence-corrected chi connectivity index (χ0v) is 8.56. The molecule has 0 aliphatic carbocycles. The lowest BCUT2D eigenvalue weighted by atomic mass is 10.2. The number of nitrogens with zero attached hydrogens (tertiary/aromatic N) is 2. The van der Waals surface area contributed by atoms with Crippen LogP contribution in [0.15, 0.2) is 30.0 Å². The lowest BCUT2D eigenvalue weighted by molar-refractivity contribution is 0.374. The van der Waals surface area contributed by atoms with Gasteiger partial charge in [0.15, 0.2) is 11.5 Å². The summed E-state index contributed by atoms with van der Waals surface area (Å²) in [7, 11) is 1.44. The van der Waals surface area contributed by atoms with Crippen molar-refractivity contribution in [3.05, 3.63) is 30.0 Å². The van der Waals surface area contributed by atoms with E-state index in [4.69, 9.17) is 15.3 Å². The highest BCUT2D eigenvalue weighted by Gasteiger charge is 2.05. The molecule has 0 saturated carbocycles. The molecule has 5 heteroatoms. The lowest BCUT2D eigenvalue weighted by Crippen LogP contribution is -1.92. The van der Waals surface area contributed by atoms with Gasteiger partial charge in [0.25, 0.3) is 0 Å². The topological polar surface area (TPSA) is 89.1 Å². The van der Waals surface area contributed by atoms with Crippen LogP contribution in [0.3, 0.4) is 0 Å². The zero-order valence-electron chi connectivity index (χ0n) is 8.56. The quantitative estimate of drug-likeness (QED) is 0.592. The van der Waals surface area contributed by atoms with E-state index in [9.17, 15) is 5.11 Å². The number of aromatic hydroxyl groups is 1. The fourth-order valence-corrected chi connectivity index (χ4v) is 1.04. The summed E-state index contributed by atoms with van der Waals surface area (Å²) in [6.45, 7) is 0. The minimum atomic E-state index is -0.0813. The van der Waals surface area contributed by atoms with Gasteiger partial charge in [-0.25, -0.2) is 0 Å². The zero-order chi connectivity index (χ0) is 12.0. The molecular weight excluding hydrogens is 206 g/mol. The number of nitrogens with one attached hydrogen (secondary N) is 1. The van der Waals surface area contributed by atoms with Crippen molar-refractivity contribution >= 4 is 5.69 Å². The molecule has 5 nitrogen and oxygen atoms in total. The highest BCUT2D eigenvalue weighted by molar-refractivity contribution is 5.64. The number of anilines is 1. The van der Waals surface area contributed by atoms with Gasteiger partial charge in [-0.05, 0) is 12.1 Å². The number of methoxy groups -OCH3 is 1. The average molecular weight is 215 g/mol. The van der Waals surface area contributed by atoms with Crippen molar-refractivity contribution in [2.75, 3.05) is 12.4 Å². The highest BCUT2D eigenvalue weighted by Crippen LogP contribution is 2.33. The van der Waals surface area contributed by atoms with Crippen molar-refractivity contribution in [2.45, 2.75) is 0 Å². The van der Waals surface area contributed by atoms with Crippen LogP contribution in [0.4, 0.5) is 5.69 Å². The number of nitriles is 2. The molecule has 0 spiro atoms. The number of hydrogen-bond donors (Lipinski definition) is 2. The van der Waals surface area contributed by atoms with Crippen molar-refractivity contribution in [2.24, 2.45) is 0 Å². The number of allylic oxidation sites excluding steroid dienone is 1. The SMILES string of the molecule is COc1cccc(NC=C(C#N)C#N)c1O. The molecule has 0 unspecified atom stereocenters. The molecule has 0 amide bonds. The monoisotopic (exact) mass is 215 g/mol. The number of phenols is 1. The molecule has 0 fully saturated rings. The predicted molar refractivity (Wildman–Crippen MR) is 57.6 cm³/mol. The van der Waals surface area contributed by atoms with Gasteiger partial charge >= 0.3 is 0 Å². The minimum Gasteiger partial charge on any atom is -0.503 e. The molecular formula is C11H9N3O2. The summed E-state index contributed by atoms with van der Waals surface area (Å²) in [6.07, 6.45) is 1.22. The van der Waals surface area contributed by atoms with E-state index < -0.39 is 0 Å². The first kappa shape index (κ1) is 11.4. The number of para-hydroxylation sites is 1. The second kappa shape index (κ2) is 5.28. The van der Waals surface area contributed by atoms with Gasteiger partial charge in [0.1, 0.15) is 17.7 Å². The standard InChI is InChI=1S/C11H9N3O2/c1-16-10-4-2-3-9(11(10)15)14-7-8(5-12)6-13/h2-4,7,14-15H,1H3. The Hall–Kier alpha value is -2.66. The van der Waals surface area contributed by atoms with Crippen LogP contribution in [0, 0.1) is 22.7 Å². The van der Waals surface area contributed by atoms with Crippen LogP contribution in [-0.2, 0) is 0 Å². The largest absolute Gasteiger partial charge is 0.503 e. The summed E-state index contributed by atoms with van der Waals surface area (Å²) in [5.74, 6) is 0.241. The van der Waals surface area contributed by atoms with Crippen molar-refractivity contribution in [1.29, 1.82) is 10.5 Å². The number of ether oxygens (including phenoxy) is 1. The number of benzene rings is 1. The van der Waals surface area contributed by atoms with Gasteiger partial charge in [-0.3, -0.25) is 0 Å². The fraction of sp³-hybridized carbons (Fsp3) is 0.0909. The maximum absolute atomic E-state index is 9.66. The van der Waals surface area contributed by atoms with Crippen LogP contribution in [0.1, 0.15) is 0 Å². The summed E-state index contributed by atoms with van der Waals surface area (Å²) in [6, 6.07) is 8.26. The van der Waals surface area contributed by atoms with E-state index >= 15 is 0 Å². The Morgan fingerprint density at radius 1 is 1.44 bits per heavy atom. The second-order valence-electron chi connectivity index (χ2n) is 2.78. The molecule has 0 heterocycles. The molecule has 0 atom stereocenters. The van der Waals surface area contributed by atoms with E-state index in [2.05, 4.69) is 5.32 Å². The number of rotatable bonds is 3. The minimum absolute atomic E-state index is 0.0727. The van der Waals surface area contributed by atoms with Gasteiger partial charge in [0, 0.05) is 6.20 Å². The normalized spacial score (nSPS) is 8.44. The summed E-state index contributed by atoms with van der Waals surface area (Å²) >= 11 is 0. The maximum atomic E-state index is 9.66. The van der Waals surface area contributed by atoms with E-state index in [0.29, 0.717) is 11.4 Å². The Labute approximate surface area is 92.8 Å². The smallest absolute Gasteiger partial charge is 0.181 e. The van der Waals surface area contributed by atoms with Crippen LogP contribution in [0.25, 0.3) is 0 Å². The van der Waals surface area contributed by atoms with Crippen LogP contribution in [0.2, 0.25) is 0 Å². The number of phenolic OH excluding ortho intramolecular Hbond substituents is 1. The van der Waals surface area contributed by atoms with Crippen molar-refractivity contribution in [1.82, 2.24) is 0 Å². The third kappa shape index (κ3) is 2.43. The van der Waals surface area contributed by atoms with Crippen molar-refractivity contribution < 1.29 is 9.84 Å². The van der Waals surface area contributed by atoms with E-state index in [1.54, 1.807) is 30.3 Å². The van der Waals surface area contributed by atoms with E-state index in [-0.39, 0.29) is 11.3 Å². The first-order chi connectivity index (χ1) is 7.72. The molecule has 0 aliphatic heterocycles. The van der Waals surface area contributed by atoms with Crippen molar-refractivity contribution in [3.8, 4) is 23.6 Å². The van der Waals surface area contributed by atoms with Gasteiger partial charge < -0.3 is 15.2 Å². The average Bonchev–Trinajstić information content (AvgIpc) is 2.32. The molecule has 0 bridgehead atoms. The molecule has 2 N–H and O–H groups in total. The second-order valence-corrected chi connectivity index (χ2v) is 2.78. The molecule has 0 saturated heterocycles. The van der Waals surface area contributed by atoms with Crippen LogP contribution >= 0.6 is 0 Å². The van der Waals surface area contributed by atoms with E-state index in [0.717, 1.165) is 0 Å². The predicted octanol–water partition coefficient (Wildman–Crippen LogP) is 1.74. The Morgan fingerprint density at radius 3 is 2.69 bits per heavy atom. The van der Waals surface area contributed by atoms with Gasteiger partial charge in [0.2, 0.25) is 0 Å². The summed E-state index contributed by atoms with van der Waals surface area (Å²) in [5.41, 5.74) is 0.282. The Kier molecular flexibility index (Phi) is 3.77. The molecule has 0 aliphatic rings. The third-order valence-corrected chi connectivity index (χ3v) is 1.83. The summed E-state index contributed by atoms with van der Waals surface area (Å²) in [4.78, 5) is 0. The Bertz CT molecular complexity index is 479. The van der Waals surface area contributed by atoms with E-state index in [1.165, 1.54) is 13.3 Å². The van der Waals surface area contributed by atoms with Crippen molar-refractivity contribution in [3.63, 3.8) is 0 Å². The van der Waals surface area contributed by atoms with Gasteiger partial charge in [-0.2, -0.15) is 10.5 Å². The molecule has 80 valence electrons. The number of hydrogen-bond acceptors (Lipinski definition) is 5. The highest BCUT2D eigenvalue weighted by atomic mass is 16.5. The van der Waals surface area contributed by atoms with Crippen LogP contribution in [0.5, 0.6) is 11.5 Å². The summed E-state index contributed by atoms with van der Waals surface area (Å²) in [5, 5.41) is 29.3. The maximum Gasteiger partial charge on any atom is 0.181 e. The Morgan fingerprint density at radius 2 is 2.12 bits per heavy atom. The lowest BCUT2D eigenvalue weighted by Gasteiger charge is -2.07. The Balaban J connectivity index is 2.96. The van der Waals surface area contributed by atoms with Crippen LogP contribution < -0.4 is 10.1 Å². The first-order valence-electron chi connectivity index (χ1n) is 4.35. The summed E-state index contributed by atoms with van der Waals surface area (Å²) < 4.78 is 4.90. The van der Waals surface area contributed by atoms with Gasteiger partial charge in [-0.1, -0.05) is 6.07 Å². The van der Waals surface area contributed by atoms with Gasteiger partial charge in [0.05, 0.1) is 12.8 Å². The molecule has 1 aromatic carbocycles. The molecule has 16 heavy (non-hydrogen) atoms. The first-order valence-corrected chi connectivity index (χ1v) is 4.35. The molecule has 0 radical (unpaired) electrons.